The molecule has 4 aromatic rings. The molecule has 0 atom stereocenters. The number of para-hydroxylation sites is 2. The Morgan fingerprint density at radius 3 is 1.34 bits per heavy atom. The van der Waals surface area contributed by atoms with Gasteiger partial charge in [0.25, 0.3) is 0 Å². The van der Waals surface area contributed by atoms with E-state index in [0.29, 0.717) is 45.5 Å². The molecule has 0 unspecified atom stereocenters. The first kappa shape index (κ1) is 28.3. The Kier molecular flexibility index (Phi) is 7.66. The van der Waals surface area contributed by atoms with Crippen molar-refractivity contribution < 1.29 is 27.9 Å². The lowest BCUT2D eigenvalue weighted by atomic mass is 9.86. The summed E-state index contributed by atoms with van der Waals surface area (Å²) in [4.78, 5) is 29.1. The topological polar surface area (TPSA) is 103 Å². The van der Waals surface area contributed by atoms with Crippen LogP contribution in [0.2, 0.25) is 0 Å². The van der Waals surface area contributed by atoms with Gasteiger partial charge in [0.2, 0.25) is 23.3 Å². The van der Waals surface area contributed by atoms with E-state index >= 15 is 0 Å². The molecule has 7 rings (SSSR count). The summed E-state index contributed by atoms with van der Waals surface area (Å²) < 4.78 is 24.2. The van der Waals surface area contributed by atoms with Crippen molar-refractivity contribution in [2.24, 2.45) is 0 Å². The minimum Gasteiger partial charge on any atom is -0.496 e. The molecule has 2 heterocycles. The highest BCUT2D eigenvalue weighted by Crippen LogP contribution is 2.50. The van der Waals surface area contributed by atoms with Crippen LogP contribution in [0.25, 0.3) is 22.3 Å². The average Bonchev–Trinajstić information content (AvgIpc) is 3.64. The van der Waals surface area contributed by atoms with E-state index < -0.39 is 0 Å². The molecule has 228 valence electrons. The number of fused-ring (bicyclic) bond motifs is 2. The van der Waals surface area contributed by atoms with Crippen molar-refractivity contribution in [2.45, 2.75) is 76.3 Å². The van der Waals surface area contributed by atoms with Gasteiger partial charge in [-0.2, -0.15) is 0 Å². The summed E-state index contributed by atoms with van der Waals surface area (Å²) in [6.07, 6.45) is 10.8. The first-order valence-corrected chi connectivity index (χ1v) is 15.8. The first-order chi connectivity index (χ1) is 21.6. The van der Waals surface area contributed by atoms with Gasteiger partial charge in [-0.15, -0.1) is 0 Å². The fourth-order valence-electron chi connectivity index (χ4n) is 7.13. The van der Waals surface area contributed by atoms with Gasteiger partial charge in [0.1, 0.15) is 11.5 Å². The number of carbonyl (C=O) groups excluding carboxylic acids is 2. The molecule has 0 spiro atoms. The monoisotopic (exact) mass is 594 g/mol. The molecule has 0 aliphatic heterocycles. The maximum atomic E-state index is 14.6. The summed E-state index contributed by atoms with van der Waals surface area (Å²) in [5.74, 6) is 1.26. The highest BCUT2D eigenvalue weighted by atomic mass is 16.5. The van der Waals surface area contributed by atoms with Gasteiger partial charge in [-0.3, -0.25) is 9.59 Å². The van der Waals surface area contributed by atoms with E-state index in [1.807, 2.05) is 48.5 Å². The molecular formula is C36H38N2O6. The Morgan fingerprint density at radius 1 is 0.568 bits per heavy atom. The minimum absolute atomic E-state index is 0.0166. The number of anilines is 2. The summed E-state index contributed by atoms with van der Waals surface area (Å²) in [5, 5.41) is 7.11. The zero-order valence-electron chi connectivity index (χ0n) is 25.3. The van der Waals surface area contributed by atoms with Gasteiger partial charge in [0, 0.05) is 23.2 Å². The number of furan rings is 2. The van der Waals surface area contributed by atoms with Gasteiger partial charge in [-0.1, -0.05) is 74.9 Å². The summed E-state index contributed by atoms with van der Waals surface area (Å²) in [6, 6.07) is 15.4. The number of benzene rings is 2. The Morgan fingerprint density at radius 2 is 0.955 bits per heavy atom. The zero-order chi connectivity index (χ0) is 30.2. The molecule has 0 saturated heterocycles. The molecule has 2 N–H and O–H groups in total. The predicted octanol–water partition coefficient (Wildman–Crippen LogP) is 8.49. The second-order valence-electron chi connectivity index (χ2n) is 12.0. The second-order valence-corrected chi connectivity index (χ2v) is 12.0. The first-order valence-electron chi connectivity index (χ1n) is 15.8. The van der Waals surface area contributed by atoms with Crippen LogP contribution in [0.1, 0.15) is 96.4 Å². The highest BCUT2D eigenvalue weighted by Gasteiger charge is 2.44. The number of methoxy groups -OCH3 is 2. The third-order valence-electron chi connectivity index (χ3n) is 9.32. The number of ketones is 2. The quantitative estimate of drug-likeness (QED) is 0.184. The fraction of sp³-hybridized carbons (Fsp3) is 0.389. The standard InChI is InChI=1S/C36H38N2O6/c1-41-25-19-11-9-17-23(25)27-29-31(39)34-30(32(40)33(29)43-35(27)37-21-13-5-3-6-14-21)28(24-18-10-12-20-26(24)42-2)36(44-34)38-22-15-7-4-8-16-22/h9-12,17-22,37-38H,3-8,13-16H2,1-2H3. The maximum absolute atomic E-state index is 14.6. The van der Waals surface area contributed by atoms with Crippen molar-refractivity contribution in [1.29, 1.82) is 0 Å². The van der Waals surface area contributed by atoms with Gasteiger partial charge >= 0.3 is 0 Å². The highest BCUT2D eigenvalue weighted by molar-refractivity contribution is 6.32. The number of nitrogens with one attached hydrogen (secondary N) is 2. The molecule has 0 amide bonds. The molecule has 2 saturated carbocycles. The minimum atomic E-state index is -0.385. The van der Waals surface area contributed by atoms with Gasteiger partial charge in [0.15, 0.2) is 11.5 Å². The fourth-order valence-corrected chi connectivity index (χ4v) is 7.13. The van der Waals surface area contributed by atoms with E-state index in [9.17, 15) is 9.59 Å². The molecule has 3 aliphatic rings. The van der Waals surface area contributed by atoms with Crippen molar-refractivity contribution in [3.63, 3.8) is 0 Å². The van der Waals surface area contributed by atoms with Crippen LogP contribution >= 0.6 is 0 Å². The largest absolute Gasteiger partial charge is 0.496 e. The summed E-state index contributed by atoms with van der Waals surface area (Å²) in [5.41, 5.74) is 2.83. The second kappa shape index (κ2) is 11.9. The maximum Gasteiger partial charge on any atom is 0.233 e. The van der Waals surface area contributed by atoms with Crippen molar-refractivity contribution in [1.82, 2.24) is 0 Å². The van der Waals surface area contributed by atoms with E-state index in [-0.39, 0.29) is 46.3 Å². The van der Waals surface area contributed by atoms with Gasteiger partial charge in [-0.25, -0.2) is 0 Å². The lowest BCUT2D eigenvalue weighted by molar-refractivity contribution is 0.0945. The Labute approximate surface area is 257 Å². The van der Waals surface area contributed by atoms with Crippen LogP contribution in [-0.4, -0.2) is 37.9 Å². The van der Waals surface area contributed by atoms with Crippen LogP contribution < -0.4 is 20.1 Å². The van der Waals surface area contributed by atoms with E-state index in [1.54, 1.807) is 14.2 Å². The van der Waals surface area contributed by atoms with Gasteiger partial charge in [0.05, 0.1) is 36.5 Å². The molecule has 44 heavy (non-hydrogen) atoms. The molecule has 0 bridgehead atoms. The van der Waals surface area contributed by atoms with E-state index in [4.69, 9.17) is 18.3 Å². The molecule has 8 heteroatoms. The molecule has 0 radical (unpaired) electrons. The van der Waals surface area contributed by atoms with Gasteiger partial charge < -0.3 is 28.9 Å². The van der Waals surface area contributed by atoms with E-state index in [0.717, 1.165) is 51.4 Å². The molecule has 2 fully saturated rings. The van der Waals surface area contributed by atoms with Crippen molar-refractivity contribution in [3.8, 4) is 33.8 Å². The molecule has 8 nitrogen and oxygen atoms in total. The number of hydrogen-bond acceptors (Lipinski definition) is 8. The third-order valence-corrected chi connectivity index (χ3v) is 9.32. The normalized spacial score (nSPS) is 17.2. The van der Waals surface area contributed by atoms with Crippen LogP contribution in [-0.2, 0) is 0 Å². The van der Waals surface area contributed by atoms with Crippen LogP contribution in [0.3, 0.4) is 0 Å². The SMILES string of the molecule is COc1ccccc1-c1c(NC2CCCCC2)oc2c1C(=O)c1oc(NC3CCCCC3)c(-c3ccccc3OC)c1C2=O. The van der Waals surface area contributed by atoms with Crippen molar-refractivity contribution in [3.05, 3.63) is 71.2 Å². The van der Waals surface area contributed by atoms with E-state index in [2.05, 4.69) is 10.6 Å². The number of ether oxygens (including phenoxy) is 2. The van der Waals surface area contributed by atoms with Crippen molar-refractivity contribution >= 4 is 23.3 Å². The van der Waals surface area contributed by atoms with Crippen LogP contribution in [0.5, 0.6) is 11.5 Å². The van der Waals surface area contributed by atoms with Gasteiger partial charge in [-0.05, 0) is 37.8 Å². The summed E-state index contributed by atoms with van der Waals surface area (Å²) in [6.45, 7) is 0. The van der Waals surface area contributed by atoms with E-state index in [1.165, 1.54) is 12.8 Å². The predicted molar refractivity (Wildman–Crippen MR) is 169 cm³/mol. The lowest BCUT2D eigenvalue weighted by Crippen LogP contribution is -2.22. The Bertz CT molecular complexity index is 1580. The number of hydrogen-bond donors (Lipinski definition) is 2. The van der Waals surface area contributed by atoms with Crippen LogP contribution in [0.4, 0.5) is 11.8 Å². The Balaban J connectivity index is 1.42. The summed E-state index contributed by atoms with van der Waals surface area (Å²) in [7, 11) is 3.19. The van der Waals surface area contributed by atoms with Crippen molar-refractivity contribution in [2.75, 3.05) is 24.9 Å². The molecule has 2 aromatic carbocycles. The number of carbonyl (C=O) groups is 2. The molecule has 2 aromatic heterocycles. The summed E-state index contributed by atoms with van der Waals surface area (Å²) >= 11 is 0. The third kappa shape index (κ3) is 4.86. The van der Waals surface area contributed by atoms with Crippen LogP contribution in [0.15, 0.2) is 57.4 Å². The smallest absolute Gasteiger partial charge is 0.233 e. The number of rotatable bonds is 8. The average molecular weight is 595 g/mol. The molecule has 3 aliphatic carbocycles. The zero-order valence-corrected chi connectivity index (χ0v) is 25.3. The molecular weight excluding hydrogens is 556 g/mol. The lowest BCUT2D eigenvalue weighted by Gasteiger charge is -2.23. The van der Waals surface area contributed by atoms with Crippen LogP contribution in [0, 0.1) is 0 Å². The Hall–Kier alpha value is -4.46.